The molecular formula is C18H21ClN2O2. The highest BCUT2D eigenvalue weighted by molar-refractivity contribution is 5.94. The Labute approximate surface area is 142 Å². The largest absolute Gasteiger partial charge is 0.484 e. The number of carbonyl (C=O) groups is 1. The number of carbonyl (C=O) groups excluding carboxylic acids is 1. The molecular weight excluding hydrogens is 312 g/mol. The minimum Gasteiger partial charge on any atom is -0.484 e. The standard InChI is InChI=1S/C18H20N2O2.ClH/c19-16-7-3-4-8-17(16)20-18(21)12-22-15-10-9-13-5-1-2-6-14(13)11-15;/h3-4,7-11H,1-2,5-6,12,19H2,(H,20,21);1H. The molecule has 0 aliphatic heterocycles. The van der Waals surface area contributed by atoms with Gasteiger partial charge in [-0.3, -0.25) is 4.79 Å². The number of hydrogen-bond acceptors (Lipinski definition) is 3. The number of hydrogen-bond donors (Lipinski definition) is 2. The number of amides is 1. The first-order valence-electron chi connectivity index (χ1n) is 7.61. The van der Waals surface area contributed by atoms with Crippen molar-refractivity contribution in [3.05, 3.63) is 53.6 Å². The van der Waals surface area contributed by atoms with Crippen LogP contribution in [0, 0.1) is 0 Å². The Balaban J connectivity index is 0.00000192. The molecule has 1 aliphatic rings. The summed E-state index contributed by atoms with van der Waals surface area (Å²) >= 11 is 0. The molecule has 0 fully saturated rings. The number of benzene rings is 2. The highest BCUT2D eigenvalue weighted by Crippen LogP contribution is 2.25. The molecule has 0 radical (unpaired) electrons. The number of nitrogens with two attached hydrogens (primary N) is 1. The number of halogens is 1. The van der Waals surface area contributed by atoms with Crippen molar-refractivity contribution in [2.24, 2.45) is 0 Å². The molecule has 0 aromatic heterocycles. The predicted octanol–water partition coefficient (Wildman–Crippen LogP) is 3.59. The zero-order valence-corrected chi connectivity index (χ0v) is 13.7. The highest BCUT2D eigenvalue weighted by Gasteiger charge is 2.11. The fraction of sp³-hybridized carbons (Fsp3) is 0.278. The second-order valence-electron chi connectivity index (χ2n) is 5.56. The molecule has 0 bridgehead atoms. The van der Waals surface area contributed by atoms with Crippen LogP contribution >= 0.6 is 12.4 Å². The number of nitrogens with one attached hydrogen (secondary N) is 1. The van der Waals surface area contributed by atoms with Crippen LogP contribution in [0.4, 0.5) is 11.4 Å². The Morgan fingerprint density at radius 3 is 2.61 bits per heavy atom. The first-order valence-corrected chi connectivity index (χ1v) is 7.61. The molecule has 0 heterocycles. The third-order valence-electron chi connectivity index (χ3n) is 3.92. The van der Waals surface area contributed by atoms with Crippen LogP contribution in [0.3, 0.4) is 0 Å². The van der Waals surface area contributed by atoms with Crippen LogP contribution in [0.2, 0.25) is 0 Å². The molecule has 0 unspecified atom stereocenters. The molecule has 23 heavy (non-hydrogen) atoms. The number of para-hydroxylation sites is 2. The van der Waals surface area contributed by atoms with Gasteiger partial charge < -0.3 is 15.8 Å². The van der Waals surface area contributed by atoms with Gasteiger partial charge in [-0.25, -0.2) is 0 Å². The summed E-state index contributed by atoms with van der Waals surface area (Å²) in [6, 6.07) is 13.3. The van der Waals surface area contributed by atoms with Crippen molar-refractivity contribution in [1.29, 1.82) is 0 Å². The lowest BCUT2D eigenvalue weighted by atomic mass is 9.92. The molecule has 3 N–H and O–H groups in total. The number of aryl methyl sites for hydroxylation is 2. The molecule has 0 saturated carbocycles. The van der Waals surface area contributed by atoms with Gasteiger partial charge in [-0.15, -0.1) is 12.4 Å². The topological polar surface area (TPSA) is 64.3 Å². The summed E-state index contributed by atoms with van der Waals surface area (Å²) in [5, 5.41) is 2.75. The van der Waals surface area contributed by atoms with Crippen molar-refractivity contribution < 1.29 is 9.53 Å². The van der Waals surface area contributed by atoms with E-state index in [4.69, 9.17) is 10.5 Å². The van der Waals surface area contributed by atoms with Gasteiger partial charge in [-0.2, -0.15) is 0 Å². The van der Waals surface area contributed by atoms with Gasteiger partial charge in [0.25, 0.3) is 5.91 Å². The minimum atomic E-state index is -0.212. The molecule has 2 aromatic carbocycles. The van der Waals surface area contributed by atoms with Gasteiger partial charge >= 0.3 is 0 Å². The zero-order valence-electron chi connectivity index (χ0n) is 12.9. The number of fused-ring (bicyclic) bond motifs is 1. The summed E-state index contributed by atoms with van der Waals surface area (Å²) in [5.41, 5.74) is 9.70. The molecule has 1 amide bonds. The van der Waals surface area contributed by atoms with Gasteiger partial charge in [0.1, 0.15) is 5.75 Å². The maximum absolute atomic E-state index is 11.9. The molecule has 3 rings (SSSR count). The van der Waals surface area contributed by atoms with Gasteiger partial charge in [0, 0.05) is 0 Å². The summed E-state index contributed by atoms with van der Waals surface area (Å²) in [6.45, 7) is -0.0207. The molecule has 0 spiro atoms. The van der Waals surface area contributed by atoms with Crippen LogP contribution < -0.4 is 15.8 Å². The third-order valence-corrected chi connectivity index (χ3v) is 3.92. The lowest BCUT2D eigenvalue weighted by molar-refractivity contribution is -0.118. The van der Waals surface area contributed by atoms with Crippen LogP contribution in [0.15, 0.2) is 42.5 Å². The van der Waals surface area contributed by atoms with Crippen molar-refractivity contribution in [3.63, 3.8) is 0 Å². The summed E-state index contributed by atoms with van der Waals surface area (Å²) in [7, 11) is 0. The van der Waals surface area contributed by atoms with Gasteiger partial charge in [0.15, 0.2) is 6.61 Å². The Bertz CT molecular complexity index is 688. The highest BCUT2D eigenvalue weighted by atomic mass is 35.5. The Morgan fingerprint density at radius 1 is 1.09 bits per heavy atom. The smallest absolute Gasteiger partial charge is 0.262 e. The van der Waals surface area contributed by atoms with Gasteiger partial charge in [0.05, 0.1) is 11.4 Å². The quantitative estimate of drug-likeness (QED) is 0.841. The van der Waals surface area contributed by atoms with Crippen LogP contribution in [-0.4, -0.2) is 12.5 Å². The molecule has 4 nitrogen and oxygen atoms in total. The van der Waals surface area contributed by atoms with E-state index in [9.17, 15) is 4.79 Å². The Kier molecular flexibility index (Phi) is 5.88. The van der Waals surface area contributed by atoms with Gasteiger partial charge in [0.2, 0.25) is 0 Å². The van der Waals surface area contributed by atoms with Gasteiger partial charge in [-0.1, -0.05) is 18.2 Å². The van der Waals surface area contributed by atoms with Crippen molar-refractivity contribution in [2.75, 3.05) is 17.7 Å². The van der Waals surface area contributed by atoms with Crippen LogP contribution in [-0.2, 0) is 17.6 Å². The predicted molar refractivity (Wildman–Crippen MR) is 95.3 cm³/mol. The van der Waals surface area contributed by atoms with Crippen LogP contribution in [0.1, 0.15) is 24.0 Å². The normalized spacial score (nSPS) is 12.7. The summed E-state index contributed by atoms with van der Waals surface area (Å²) in [5.74, 6) is 0.535. The Morgan fingerprint density at radius 2 is 1.83 bits per heavy atom. The number of ether oxygens (including phenoxy) is 1. The number of nitrogen functional groups attached to an aromatic ring is 1. The van der Waals surface area contributed by atoms with Crippen molar-refractivity contribution in [2.45, 2.75) is 25.7 Å². The summed E-state index contributed by atoms with van der Waals surface area (Å²) in [4.78, 5) is 11.9. The average molecular weight is 333 g/mol. The zero-order chi connectivity index (χ0) is 15.4. The molecule has 1 aliphatic carbocycles. The van der Waals surface area contributed by atoms with E-state index in [1.54, 1.807) is 12.1 Å². The van der Waals surface area contributed by atoms with E-state index < -0.39 is 0 Å². The minimum absolute atomic E-state index is 0. The monoisotopic (exact) mass is 332 g/mol. The van der Waals surface area contributed by atoms with Crippen molar-refractivity contribution in [3.8, 4) is 5.75 Å². The maximum atomic E-state index is 11.9. The molecule has 0 saturated heterocycles. The second kappa shape index (κ2) is 7.88. The first kappa shape index (κ1) is 17.2. The third kappa shape index (κ3) is 4.39. The Hall–Kier alpha value is -2.20. The van der Waals surface area contributed by atoms with Crippen molar-refractivity contribution >= 4 is 29.7 Å². The fourth-order valence-electron chi connectivity index (χ4n) is 2.75. The number of rotatable bonds is 4. The van der Waals surface area contributed by atoms with Gasteiger partial charge in [-0.05, 0) is 61.1 Å². The van der Waals surface area contributed by atoms with Crippen LogP contribution in [0.5, 0.6) is 5.75 Å². The van der Waals surface area contributed by atoms with E-state index in [1.165, 1.54) is 24.0 Å². The lowest BCUT2D eigenvalue weighted by Crippen LogP contribution is -2.20. The maximum Gasteiger partial charge on any atom is 0.262 e. The van der Waals surface area contributed by atoms with Crippen LogP contribution in [0.25, 0.3) is 0 Å². The van der Waals surface area contributed by atoms with E-state index in [-0.39, 0.29) is 24.9 Å². The van der Waals surface area contributed by atoms with E-state index >= 15 is 0 Å². The molecule has 122 valence electrons. The molecule has 2 aromatic rings. The van der Waals surface area contributed by atoms with E-state index in [2.05, 4.69) is 17.4 Å². The second-order valence-corrected chi connectivity index (χ2v) is 5.56. The van der Waals surface area contributed by atoms with E-state index in [0.29, 0.717) is 11.4 Å². The molecule has 0 atom stereocenters. The van der Waals surface area contributed by atoms with E-state index in [0.717, 1.165) is 18.6 Å². The average Bonchev–Trinajstić information content (AvgIpc) is 2.55. The summed E-state index contributed by atoms with van der Waals surface area (Å²) < 4.78 is 5.59. The molecule has 5 heteroatoms. The van der Waals surface area contributed by atoms with E-state index in [1.807, 2.05) is 18.2 Å². The number of anilines is 2. The lowest BCUT2D eigenvalue weighted by Gasteiger charge is -2.16. The van der Waals surface area contributed by atoms with Crippen molar-refractivity contribution in [1.82, 2.24) is 0 Å². The fourth-order valence-corrected chi connectivity index (χ4v) is 2.75. The first-order chi connectivity index (χ1) is 10.7. The SMILES string of the molecule is Cl.Nc1ccccc1NC(=O)COc1ccc2c(c1)CCCC2. The summed E-state index contributed by atoms with van der Waals surface area (Å²) in [6.07, 6.45) is 4.72.